The summed E-state index contributed by atoms with van der Waals surface area (Å²) < 4.78 is 41.8. The Morgan fingerprint density at radius 3 is 1.12 bits per heavy atom. The Kier molecular flexibility index (Phi) is 8.01. The minimum absolute atomic E-state index is 0.250. The van der Waals surface area contributed by atoms with E-state index in [2.05, 4.69) is 6.07 Å². The number of carbonyl (C=O) groups is 1. The summed E-state index contributed by atoms with van der Waals surface area (Å²) in [7, 11) is 0. The van der Waals surface area contributed by atoms with Crippen molar-refractivity contribution < 1.29 is 18.0 Å². The third-order valence-electron chi connectivity index (χ3n) is 7.69. The van der Waals surface area contributed by atoms with Crippen LogP contribution in [0, 0.1) is 17.5 Å². The maximum atomic E-state index is 14.0. The van der Waals surface area contributed by atoms with Gasteiger partial charge in [0.2, 0.25) is 0 Å². The van der Waals surface area contributed by atoms with Gasteiger partial charge in [0.15, 0.2) is 5.78 Å². The SMILES string of the molecule is O=C(c1ccc(F)cc1)c1cc(C(c2ccccc2)c2ccc(F)cc2)cc(C(c2ccccc2)c2ccc(F)cc2)c1. The van der Waals surface area contributed by atoms with E-state index in [1.807, 2.05) is 72.8 Å². The molecule has 0 aliphatic heterocycles. The van der Waals surface area contributed by atoms with Gasteiger partial charge in [-0.2, -0.15) is 0 Å². The molecule has 210 valence electrons. The van der Waals surface area contributed by atoms with Gasteiger partial charge in [-0.3, -0.25) is 4.79 Å². The fraction of sp³-hybridized carbons (Fsp3) is 0.0513. The smallest absolute Gasteiger partial charge is 0.193 e. The molecule has 0 bridgehead atoms. The minimum atomic E-state index is -0.424. The van der Waals surface area contributed by atoms with Crippen LogP contribution in [0.1, 0.15) is 61.1 Å². The molecule has 0 N–H and O–H groups in total. The van der Waals surface area contributed by atoms with Crippen LogP contribution in [0.2, 0.25) is 0 Å². The van der Waals surface area contributed by atoms with E-state index in [9.17, 15) is 18.0 Å². The molecule has 0 aromatic heterocycles. The lowest BCUT2D eigenvalue weighted by molar-refractivity contribution is 0.103. The Bertz CT molecular complexity index is 1720. The first-order valence-electron chi connectivity index (χ1n) is 14.0. The van der Waals surface area contributed by atoms with Gasteiger partial charge < -0.3 is 0 Å². The molecule has 0 amide bonds. The van der Waals surface area contributed by atoms with Crippen LogP contribution in [0.4, 0.5) is 13.2 Å². The van der Waals surface area contributed by atoms with Gasteiger partial charge in [-0.15, -0.1) is 0 Å². The van der Waals surface area contributed by atoms with Gasteiger partial charge in [0.05, 0.1) is 0 Å². The first kappa shape index (κ1) is 27.9. The topological polar surface area (TPSA) is 17.1 Å². The molecule has 0 radical (unpaired) electrons. The molecule has 0 heterocycles. The number of rotatable bonds is 8. The molecule has 1 nitrogen and oxygen atoms in total. The van der Waals surface area contributed by atoms with Gasteiger partial charge in [0.25, 0.3) is 0 Å². The lowest BCUT2D eigenvalue weighted by Crippen LogP contribution is -2.11. The Morgan fingerprint density at radius 1 is 0.372 bits per heavy atom. The van der Waals surface area contributed by atoms with E-state index in [1.165, 1.54) is 48.5 Å². The lowest BCUT2D eigenvalue weighted by atomic mass is 9.79. The van der Waals surface area contributed by atoms with Crippen molar-refractivity contribution in [2.24, 2.45) is 0 Å². The van der Waals surface area contributed by atoms with Crippen LogP contribution in [-0.4, -0.2) is 5.78 Å². The summed E-state index contributed by atoms with van der Waals surface area (Å²) in [6.45, 7) is 0. The van der Waals surface area contributed by atoms with Crippen molar-refractivity contribution in [1.29, 1.82) is 0 Å². The van der Waals surface area contributed by atoms with E-state index in [0.29, 0.717) is 11.1 Å². The van der Waals surface area contributed by atoms with Gasteiger partial charge in [-0.1, -0.05) is 91.0 Å². The highest BCUT2D eigenvalue weighted by atomic mass is 19.1. The van der Waals surface area contributed by atoms with Crippen LogP contribution in [-0.2, 0) is 0 Å². The van der Waals surface area contributed by atoms with E-state index in [1.54, 1.807) is 24.3 Å². The van der Waals surface area contributed by atoms with Crippen LogP contribution < -0.4 is 0 Å². The molecule has 0 saturated heterocycles. The third-order valence-corrected chi connectivity index (χ3v) is 7.69. The number of hydrogen-bond donors (Lipinski definition) is 0. The summed E-state index contributed by atoms with van der Waals surface area (Å²) in [5, 5.41) is 0. The molecule has 6 aromatic carbocycles. The summed E-state index contributed by atoms with van der Waals surface area (Å²) in [6.07, 6.45) is 0. The van der Waals surface area contributed by atoms with Crippen molar-refractivity contribution >= 4 is 5.78 Å². The highest BCUT2D eigenvalue weighted by Gasteiger charge is 2.24. The van der Waals surface area contributed by atoms with Crippen molar-refractivity contribution in [2.75, 3.05) is 0 Å². The molecule has 4 heteroatoms. The van der Waals surface area contributed by atoms with E-state index < -0.39 is 5.82 Å². The van der Waals surface area contributed by atoms with Crippen LogP contribution in [0.3, 0.4) is 0 Å². The Balaban J connectivity index is 1.60. The van der Waals surface area contributed by atoms with Crippen molar-refractivity contribution in [1.82, 2.24) is 0 Å². The summed E-state index contributed by atoms with van der Waals surface area (Å²) >= 11 is 0. The van der Waals surface area contributed by atoms with Crippen molar-refractivity contribution in [3.8, 4) is 0 Å². The molecule has 6 rings (SSSR count). The number of halogens is 3. The molecule has 2 atom stereocenters. The predicted molar refractivity (Wildman–Crippen MR) is 164 cm³/mol. The van der Waals surface area contributed by atoms with Gasteiger partial charge in [-0.05, 0) is 94.0 Å². The quantitative estimate of drug-likeness (QED) is 0.132. The summed E-state index contributed by atoms with van der Waals surface area (Å²) in [6, 6.07) is 43.8. The Labute approximate surface area is 248 Å². The average molecular weight is 569 g/mol. The second-order valence-electron chi connectivity index (χ2n) is 10.5. The fourth-order valence-electron chi connectivity index (χ4n) is 5.67. The van der Waals surface area contributed by atoms with E-state index in [0.717, 1.165) is 33.4 Å². The Hall–Kier alpha value is -5.22. The van der Waals surface area contributed by atoms with Crippen molar-refractivity contribution in [2.45, 2.75) is 11.8 Å². The summed E-state index contributed by atoms with van der Waals surface area (Å²) in [5.41, 5.74) is 6.15. The van der Waals surface area contributed by atoms with Gasteiger partial charge in [0.1, 0.15) is 17.5 Å². The lowest BCUT2D eigenvalue weighted by Gasteiger charge is -2.24. The minimum Gasteiger partial charge on any atom is -0.289 e. The van der Waals surface area contributed by atoms with Crippen LogP contribution in [0.5, 0.6) is 0 Å². The third kappa shape index (κ3) is 6.19. The second-order valence-corrected chi connectivity index (χ2v) is 10.5. The molecular formula is C39H27F3O. The zero-order valence-corrected chi connectivity index (χ0v) is 23.1. The maximum absolute atomic E-state index is 14.0. The molecular weight excluding hydrogens is 541 g/mol. The largest absolute Gasteiger partial charge is 0.289 e. The molecule has 43 heavy (non-hydrogen) atoms. The van der Waals surface area contributed by atoms with Gasteiger partial charge in [-0.25, -0.2) is 13.2 Å². The average Bonchev–Trinajstić information content (AvgIpc) is 3.04. The summed E-state index contributed by atoms with van der Waals surface area (Å²) in [5.74, 6) is -1.97. The molecule has 0 fully saturated rings. The fourth-order valence-corrected chi connectivity index (χ4v) is 5.67. The van der Waals surface area contributed by atoms with Crippen LogP contribution >= 0.6 is 0 Å². The molecule has 0 aliphatic carbocycles. The monoisotopic (exact) mass is 568 g/mol. The number of benzene rings is 6. The van der Waals surface area contributed by atoms with Gasteiger partial charge in [0, 0.05) is 23.0 Å². The van der Waals surface area contributed by atoms with Crippen molar-refractivity contribution in [3.63, 3.8) is 0 Å². The molecule has 2 unspecified atom stereocenters. The van der Waals surface area contributed by atoms with Gasteiger partial charge >= 0.3 is 0 Å². The summed E-state index contributed by atoms with van der Waals surface area (Å²) in [4.78, 5) is 13.9. The van der Waals surface area contributed by atoms with Crippen LogP contribution in [0.15, 0.2) is 152 Å². The number of hydrogen-bond acceptors (Lipinski definition) is 1. The highest BCUT2D eigenvalue weighted by molar-refractivity contribution is 6.09. The maximum Gasteiger partial charge on any atom is 0.193 e. The number of carbonyl (C=O) groups excluding carboxylic acids is 1. The first-order valence-corrected chi connectivity index (χ1v) is 14.0. The molecule has 6 aromatic rings. The molecule has 0 saturated carbocycles. The number of ketones is 1. The zero-order valence-electron chi connectivity index (χ0n) is 23.1. The normalized spacial score (nSPS) is 12.4. The Morgan fingerprint density at radius 2 is 0.721 bits per heavy atom. The second kappa shape index (κ2) is 12.3. The van der Waals surface area contributed by atoms with E-state index in [-0.39, 0.29) is 29.3 Å². The standard InChI is InChI=1S/C39H27F3O/c40-34-17-11-28(12-18-34)37(26-7-3-1-4-8-26)31-23-32(25-33(24-31)39(43)30-15-21-36(42)22-16-30)38(27-9-5-2-6-10-27)29-13-19-35(41)20-14-29/h1-25,37-38H. The van der Waals surface area contributed by atoms with Crippen LogP contribution in [0.25, 0.3) is 0 Å². The first-order chi connectivity index (χ1) is 21.0. The van der Waals surface area contributed by atoms with Crippen molar-refractivity contribution in [3.05, 3.63) is 214 Å². The van der Waals surface area contributed by atoms with E-state index in [4.69, 9.17) is 0 Å². The highest BCUT2D eigenvalue weighted by Crippen LogP contribution is 2.38. The van der Waals surface area contributed by atoms with E-state index >= 15 is 0 Å². The molecule has 0 spiro atoms. The molecule has 0 aliphatic rings. The predicted octanol–water partition coefficient (Wildman–Crippen LogP) is 9.70. The zero-order chi connectivity index (χ0) is 29.8.